The van der Waals surface area contributed by atoms with Crippen LogP contribution in [0.25, 0.3) is 0 Å². The SMILES string of the molecule is C[C@H]1CC[C@H](Nc2ncnc(Cl)c2N)CC1. The summed E-state index contributed by atoms with van der Waals surface area (Å²) in [7, 11) is 0. The molecule has 0 atom stereocenters. The van der Waals surface area contributed by atoms with Crippen molar-refractivity contribution in [3.8, 4) is 0 Å². The van der Waals surface area contributed by atoms with Crippen LogP contribution in [-0.2, 0) is 0 Å². The summed E-state index contributed by atoms with van der Waals surface area (Å²) >= 11 is 5.84. The molecular weight excluding hydrogens is 224 g/mol. The van der Waals surface area contributed by atoms with Crippen LogP contribution in [0.1, 0.15) is 32.6 Å². The normalized spacial score (nSPS) is 25.4. The average Bonchev–Trinajstić information content (AvgIpc) is 2.28. The molecule has 0 amide bonds. The number of nitrogens with two attached hydrogens (primary N) is 1. The standard InChI is InChI=1S/C11H17ClN4/c1-7-2-4-8(5-3-7)16-11-9(13)10(12)14-6-15-11/h6-8H,2-5,13H2,1H3,(H,14,15,16)/t7-,8-. The molecule has 1 aromatic rings. The minimum atomic E-state index is 0.321. The summed E-state index contributed by atoms with van der Waals surface area (Å²) in [6.07, 6.45) is 6.30. The Bertz CT molecular complexity index is 361. The maximum absolute atomic E-state index is 5.84. The molecule has 0 radical (unpaired) electrons. The minimum Gasteiger partial charge on any atom is -0.393 e. The van der Waals surface area contributed by atoms with E-state index in [4.69, 9.17) is 17.3 Å². The Morgan fingerprint density at radius 2 is 2.00 bits per heavy atom. The molecule has 1 aliphatic carbocycles. The van der Waals surface area contributed by atoms with E-state index in [1.807, 2.05) is 0 Å². The van der Waals surface area contributed by atoms with E-state index in [1.54, 1.807) is 0 Å². The number of rotatable bonds is 2. The van der Waals surface area contributed by atoms with E-state index < -0.39 is 0 Å². The van der Waals surface area contributed by atoms with Gasteiger partial charge in [-0.15, -0.1) is 0 Å². The van der Waals surface area contributed by atoms with E-state index in [0.29, 0.717) is 22.7 Å². The molecule has 1 saturated carbocycles. The number of hydrogen-bond acceptors (Lipinski definition) is 4. The number of hydrogen-bond donors (Lipinski definition) is 2. The number of nitrogen functional groups attached to an aromatic ring is 1. The van der Waals surface area contributed by atoms with Gasteiger partial charge < -0.3 is 11.1 Å². The van der Waals surface area contributed by atoms with Crippen molar-refractivity contribution in [2.45, 2.75) is 38.6 Å². The molecule has 0 spiro atoms. The van der Waals surface area contributed by atoms with Crippen molar-refractivity contribution in [1.29, 1.82) is 0 Å². The zero-order valence-corrected chi connectivity index (χ0v) is 10.2. The molecule has 1 aromatic heterocycles. The highest BCUT2D eigenvalue weighted by Gasteiger charge is 2.19. The van der Waals surface area contributed by atoms with E-state index in [1.165, 1.54) is 32.0 Å². The van der Waals surface area contributed by atoms with Crippen molar-refractivity contribution in [2.24, 2.45) is 5.92 Å². The van der Waals surface area contributed by atoms with E-state index in [0.717, 1.165) is 5.92 Å². The average molecular weight is 241 g/mol. The fourth-order valence-corrected chi connectivity index (χ4v) is 2.22. The molecule has 1 heterocycles. The van der Waals surface area contributed by atoms with E-state index in [-0.39, 0.29) is 0 Å². The van der Waals surface area contributed by atoms with Gasteiger partial charge in [0.05, 0.1) is 0 Å². The Kier molecular flexibility index (Phi) is 3.49. The summed E-state index contributed by atoms with van der Waals surface area (Å²) in [5.74, 6) is 1.50. The lowest BCUT2D eigenvalue weighted by Gasteiger charge is -2.27. The molecule has 2 rings (SSSR count). The second-order valence-electron chi connectivity index (χ2n) is 4.53. The van der Waals surface area contributed by atoms with Gasteiger partial charge in [-0.1, -0.05) is 18.5 Å². The van der Waals surface area contributed by atoms with Crippen LogP contribution in [-0.4, -0.2) is 16.0 Å². The number of aromatic nitrogens is 2. The minimum absolute atomic E-state index is 0.321. The molecular formula is C11H17ClN4. The molecule has 0 saturated heterocycles. The summed E-state index contributed by atoms with van der Waals surface area (Å²) in [5, 5.41) is 3.67. The van der Waals surface area contributed by atoms with Crippen LogP contribution >= 0.6 is 11.6 Å². The third-order valence-corrected chi connectivity index (χ3v) is 3.49. The first-order valence-corrected chi connectivity index (χ1v) is 6.07. The van der Waals surface area contributed by atoms with Crippen molar-refractivity contribution in [2.75, 3.05) is 11.1 Å². The van der Waals surface area contributed by atoms with Gasteiger partial charge in [0, 0.05) is 6.04 Å². The second-order valence-corrected chi connectivity index (χ2v) is 4.89. The van der Waals surface area contributed by atoms with Gasteiger partial charge in [0.1, 0.15) is 12.0 Å². The highest BCUT2D eigenvalue weighted by molar-refractivity contribution is 6.32. The van der Waals surface area contributed by atoms with Crippen LogP contribution in [0.5, 0.6) is 0 Å². The van der Waals surface area contributed by atoms with Gasteiger partial charge in [-0.05, 0) is 31.6 Å². The number of anilines is 2. The van der Waals surface area contributed by atoms with Crippen molar-refractivity contribution in [1.82, 2.24) is 9.97 Å². The van der Waals surface area contributed by atoms with Crippen LogP contribution in [0, 0.1) is 5.92 Å². The van der Waals surface area contributed by atoms with Crippen molar-refractivity contribution in [3.05, 3.63) is 11.5 Å². The summed E-state index contributed by atoms with van der Waals surface area (Å²) in [6, 6.07) is 0.462. The molecule has 0 unspecified atom stereocenters. The first-order chi connectivity index (χ1) is 7.66. The van der Waals surface area contributed by atoms with Gasteiger partial charge in [0.15, 0.2) is 11.0 Å². The predicted molar refractivity (Wildman–Crippen MR) is 66.5 cm³/mol. The zero-order chi connectivity index (χ0) is 11.5. The predicted octanol–water partition coefficient (Wildman–Crippen LogP) is 2.70. The van der Waals surface area contributed by atoms with E-state index in [9.17, 15) is 0 Å². The smallest absolute Gasteiger partial charge is 0.157 e. The molecule has 0 aromatic carbocycles. The molecule has 0 bridgehead atoms. The van der Waals surface area contributed by atoms with E-state index in [2.05, 4.69) is 22.2 Å². The van der Waals surface area contributed by atoms with Gasteiger partial charge in [-0.2, -0.15) is 0 Å². The summed E-state index contributed by atoms with van der Waals surface area (Å²) in [6.45, 7) is 2.30. The second kappa shape index (κ2) is 4.87. The lowest BCUT2D eigenvalue weighted by molar-refractivity contribution is 0.361. The first-order valence-electron chi connectivity index (χ1n) is 5.69. The lowest BCUT2D eigenvalue weighted by Crippen LogP contribution is -2.26. The van der Waals surface area contributed by atoms with E-state index >= 15 is 0 Å². The maximum atomic E-state index is 5.84. The largest absolute Gasteiger partial charge is 0.393 e. The van der Waals surface area contributed by atoms with Gasteiger partial charge in [0.25, 0.3) is 0 Å². The third-order valence-electron chi connectivity index (χ3n) is 3.19. The number of halogens is 1. The highest BCUT2D eigenvalue weighted by Crippen LogP contribution is 2.28. The Morgan fingerprint density at radius 1 is 1.31 bits per heavy atom. The van der Waals surface area contributed by atoms with Crippen LogP contribution in [0.3, 0.4) is 0 Å². The van der Waals surface area contributed by atoms with Crippen LogP contribution in [0.4, 0.5) is 11.5 Å². The van der Waals surface area contributed by atoms with Gasteiger partial charge in [-0.25, -0.2) is 9.97 Å². The Labute approximate surface area is 101 Å². The highest BCUT2D eigenvalue weighted by atomic mass is 35.5. The quantitative estimate of drug-likeness (QED) is 0.781. The van der Waals surface area contributed by atoms with Gasteiger partial charge >= 0.3 is 0 Å². The first kappa shape index (κ1) is 11.5. The summed E-state index contributed by atoms with van der Waals surface area (Å²) in [5.41, 5.74) is 6.25. The number of nitrogens with zero attached hydrogens (tertiary/aromatic N) is 2. The van der Waals surface area contributed by atoms with Gasteiger partial charge in [-0.3, -0.25) is 0 Å². The molecule has 1 aliphatic rings. The monoisotopic (exact) mass is 240 g/mol. The fourth-order valence-electron chi connectivity index (χ4n) is 2.09. The van der Waals surface area contributed by atoms with Gasteiger partial charge in [0.2, 0.25) is 0 Å². The molecule has 88 valence electrons. The summed E-state index contributed by atoms with van der Waals surface area (Å²) in [4.78, 5) is 7.95. The van der Waals surface area contributed by atoms with Crippen LogP contribution in [0.15, 0.2) is 6.33 Å². The van der Waals surface area contributed by atoms with Crippen molar-refractivity contribution >= 4 is 23.1 Å². The Morgan fingerprint density at radius 3 is 2.69 bits per heavy atom. The zero-order valence-electron chi connectivity index (χ0n) is 9.41. The molecule has 16 heavy (non-hydrogen) atoms. The summed E-state index contributed by atoms with van der Waals surface area (Å²) < 4.78 is 0. The Balaban J connectivity index is 2.01. The van der Waals surface area contributed by atoms with Crippen molar-refractivity contribution in [3.63, 3.8) is 0 Å². The van der Waals surface area contributed by atoms with Crippen LogP contribution in [0.2, 0.25) is 5.15 Å². The third kappa shape index (κ3) is 2.55. The molecule has 5 heteroatoms. The van der Waals surface area contributed by atoms with Crippen molar-refractivity contribution < 1.29 is 0 Å². The molecule has 0 aliphatic heterocycles. The lowest BCUT2D eigenvalue weighted by atomic mass is 9.87. The van der Waals surface area contributed by atoms with Crippen LogP contribution < -0.4 is 11.1 Å². The molecule has 3 N–H and O–H groups in total. The molecule has 1 fully saturated rings. The molecule has 4 nitrogen and oxygen atoms in total. The number of nitrogens with one attached hydrogen (secondary N) is 1. The topological polar surface area (TPSA) is 63.8 Å². The maximum Gasteiger partial charge on any atom is 0.157 e. The Hall–Kier alpha value is -1.03. The fraction of sp³-hybridized carbons (Fsp3) is 0.636.